The number of amides is 3. The van der Waals surface area contributed by atoms with Crippen LogP contribution in [0.3, 0.4) is 0 Å². The molecule has 0 heterocycles. The fraction of sp³-hybridized carbons (Fsp3) is 0.565. The lowest BCUT2D eigenvalue weighted by atomic mass is 10.0. The van der Waals surface area contributed by atoms with E-state index < -0.39 is 29.0 Å². The van der Waals surface area contributed by atoms with Crippen molar-refractivity contribution in [2.45, 2.75) is 38.2 Å². The normalized spacial score (nSPS) is 11.2. The number of halogens is 1. The summed E-state index contributed by atoms with van der Waals surface area (Å²) in [6, 6.07) is 2.49. The van der Waals surface area contributed by atoms with E-state index >= 15 is 0 Å². The van der Waals surface area contributed by atoms with Gasteiger partial charge in [0.1, 0.15) is 12.0 Å². The van der Waals surface area contributed by atoms with E-state index in [-0.39, 0.29) is 73.4 Å². The number of rotatable bonds is 17. The van der Waals surface area contributed by atoms with Crippen LogP contribution in [0.2, 0.25) is 0 Å². The second-order valence-electron chi connectivity index (χ2n) is 8.03. The average Bonchev–Trinajstić information content (AvgIpc) is 2.89. The van der Waals surface area contributed by atoms with Gasteiger partial charge in [0.15, 0.2) is 11.5 Å². The van der Waals surface area contributed by atoms with E-state index in [9.17, 15) is 29.3 Å². The molecule has 3 N–H and O–H groups in total. The van der Waals surface area contributed by atoms with Crippen LogP contribution >= 0.6 is 11.6 Å². The van der Waals surface area contributed by atoms with Crippen molar-refractivity contribution < 1.29 is 43.4 Å². The Kier molecular flexibility index (Phi) is 14.3. The Hall–Kier alpha value is -3.81. The van der Waals surface area contributed by atoms with E-state index in [1.165, 1.54) is 32.2 Å². The van der Waals surface area contributed by atoms with Gasteiger partial charge in [-0.1, -0.05) is 0 Å². The Morgan fingerprint density at radius 2 is 1.68 bits per heavy atom. The molecule has 0 saturated carbocycles. The SMILES string of the molecule is COc1cc(C(CCN(C)C(=O)CCCCC(=O)O)OC(=O)NCCNC(=O)CCl)c([N+](=O)[O-])cc1OC. The van der Waals surface area contributed by atoms with Crippen molar-refractivity contribution in [2.75, 3.05) is 46.8 Å². The zero-order chi connectivity index (χ0) is 28.7. The van der Waals surface area contributed by atoms with Gasteiger partial charge in [-0.15, -0.1) is 11.6 Å². The fourth-order valence-electron chi connectivity index (χ4n) is 3.34. The van der Waals surface area contributed by atoms with E-state index in [0.717, 1.165) is 6.07 Å². The van der Waals surface area contributed by atoms with Gasteiger partial charge >= 0.3 is 12.1 Å². The van der Waals surface area contributed by atoms with E-state index in [4.69, 9.17) is 30.9 Å². The maximum absolute atomic E-state index is 12.5. The summed E-state index contributed by atoms with van der Waals surface area (Å²) in [4.78, 5) is 59.3. The summed E-state index contributed by atoms with van der Waals surface area (Å²) < 4.78 is 15.9. The number of nitro benzene ring substituents is 1. The number of benzene rings is 1. The van der Waals surface area contributed by atoms with Crippen molar-refractivity contribution in [3.8, 4) is 11.5 Å². The number of hydrogen-bond donors (Lipinski definition) is 3. The Bertz CT molecular complexity index is 991. The predicted octanol–water partition coefficient (Wildman–Crippen LogP) is 2.23. The Morgan fingerprint density at radius 1 is 1.08 bits per heavy atom. The van der Waals surface area contributed by atoms with Crippen molar-refractivity contribution in [1.82, 2.24) is 15.5 Å². The van der Waals surface area contributed by atoms with Crippen molar-refractivity contribution in [2.24, 2.45) is 0 Å². The van der Waals surface area contributed by atoms with Crippen LogP contribution in [-0.4, -0.2) is 85.6 Å². The number of aliphatic carboxylic acids is 1. The van der Waals surface area contributed by atoms with Crippen LogP contribution in [0, 0.1) is 10.1 Å². The molecule has 3 amide bonds. The standard InChI is InChI=1S/C23H33ClN4O10/c1-27(21(30)6-4-5-7-22(31)32)11-8-17(38-23(33)26-10-9-25-20(29)14-24)15-12-18(36-2)19(37-3)13-16(15)28(34)35/h12-13,17H,4-11,14H2,1-3H3,(H,25,29)(H,26,33)(H,31,32). The highest BCUT2D eigenvalue weighted by Crippen LogP contribution is 2.39. The number of carboxylic acids is 1. The van der Waals surface area contributed by atoms with Gasteiger partial charge in [-0.3, -0.25) is 24.5 Å². The first kappa shape index (κ1) is 32.2. The Morgan fingerprint density at radius 3 is 2.26 bits per heavy atom. The van der Waals surface area contributed by atoms with Crippen LogP contribution in [0.1, 0.15) is 43.8 Å². The molecule has 0 radical (unpaired) electrons. The summed E-state index contributed by atoms with van der Waals surface area (Å²) in [6.45, 7) is 0.172. The summed E-state index contributed by atoms with van der Waals surface area (Å²) in [5, 5.41) is 25.4. The minimum atomic E-state index is -1.16. The second-order valence-corrected chi connectivity index (χ2v) is 8.30. The number of ether oxygens (including phenoxy) is 3. The number of carboxylic acid groups (broad SMARTS) is 1. The molecule has 1 aromatic rings. The number of alkyl carbamates (subject to hydrolysis) is 1. The summed E-state index contributed by atoms with van der Waals surface area (Å²) in [7, 11) is 4.20. The highest BCUT2D eigenvalue weighted by molar-refractivity contribution is 6.27. The van der Waals surface area contributed by atoms with Gasteiger partial charge in [-0.05, 0) is 18.9 Å². The maximum Gasteiger partial charge on any atom is 0.407 e. The van der Waals surface area contributed by atoms with E-state index in [2.05, 4.69) is 10.6 Å². The summed E-state index contributed by atoms with van der Waals surface area (Å²) in [5.74, 6) is -1.57. The number of methoxy groups -OCH3 is 2. The molecule has 0 aliphatic heterocycles. The molecular formula is C23H33ClN4O10. The largest absolute Gasteiger partial charge is 0.493 e. The van der Waals surface area contributed by atoms with Gasteiger partial charge in [0.2, 0.25) is 11.8 Å². The molecule has 14 nitrogen and oxygen atoms in total. The van der Waals surface area contributed by atoms with Crippen LogP contribution in [0.15, 0.2) is 12.1 Å². The van der Waals surface area contributed by atoms with Crippen LogP contribution in [0.25, 0.3) is 0 Å². The molecule has 0 aromatic heterocycles. The zero-order valence-corrected chi connectivity index (χ0v) is 22.2. The third-order valence-electron chi connectivity index (χ3n) is 5.35. The molecule has 1 unspecified atom stereocenters. The molecule has 0 aliphatic carbocycles. The molecule has 0 spiro atoms. The molecule has 0 bridgehead atoms. The molecule has 0 fully saturated rings. The van der Waals surface area contributed by atoms with Gasteiger partial charge < -0.3 is 34.9 Å². The monoisotopic (exact) mass is 560 g/mol. The molecule has 0 aliphatic rings. The molecule has 38 heavy (non-hydrogen) atoms. The van der Waals surface area contributed by atoms with Crippen molar-refractivity contribution in [3.05, 3.63) is 27.8 Å². The number of carbonyl (C=O) groups excluding carboxylic acids is 3. The van der Waals surface area contributed by atoms with E-state index in [1.54, 1.807) is 0 Å². The summed E-state index contributed by atoms with van der Waals surface area (Å²) >= 11 is 5.40. The van der Waals surface area contributed by atoms with Gasteiger partial charge in [0, 0.05) is 45.9 Å². The predicted molar refractivity (Wildman–Crippen MR) is 136 cm³/mol. The average molecular weight is 561 g/mol. The third-order valence-corrected chi connectivity index (χ3v) is 5.59. The van der Waals surface area contributed by atoms with Crippen LogP contribution in [-0.2, 0) is 19.1 Å². The molecule has 1 atom stereocenters. The first-order chi connectivity index (χ1) is 18.0. The van der Waals surface area contributed by atoms with Crippen LogP contribution in [0.5, 0.6) is 11.5 Å². The lowest BCUT2D eigenvalue weighted by Crippen LogP contribution is -2.36. The highest BCUT2D eigenvalue weighted by atomic mass is 35.5. The van der Waals surface area contributed by atoms with E-state index in [1.807, 2.05) is 0 Å². The number of carbonyl (C=O) groups is 4. The number of nitrogens with one attached hydrogen (secondary N) is 2. The van der Waals surface area contributed by atoms with Crippen molar-refractivity contribution in [1.29, 1.82) is 0 Å². The number of nitrogens with zero attached hydrogens (tertiary/aromatic N) is 2. The fourth-order valence-corrected chi connectivity index (χ4v) is 3.44. The number of nitro groups is 1. The van der Waals surface area contributed by atoms with Crippen LogP contribution in [0.4, 0.5) is 10.5 Å². The zero-order valence-electron chi connectivity index (χ0n) is 21.5. The lowest BCUT2D eigenvalue weighted by Gasteiger charge is -2.23. The highest BCUT2D eigenvalue weighted by Gasteiger charge is 2.29. The minimum Gasteiger partial charge on any atom is -0.493 e. The quantitative estimate of drug-likeness (QED) is 0.110. The third kappa shape index (κ3) is 11.1. The van der Waals surface area contributed by atoms with Gasteiger partial charge in [-0.25, -0.2) is 4.79 Å². The molecule has 212 valence electrons. The second kappa shape index (κ2) is 16.8. The van der Waals surface area contributed by atoms with Crippen LogP contribution < -0.4 is 20.1 Å². The number of alkyl halides is 1. The minimum absolute atomic E-state index is 0.00406. The number of unbranched alkanes of at least 4 members (excludes halogenated alkanes) is 1. The first-order valence-corrected chi connectivity index (χ1v) is 12.2. The smallest absolute Gasteiger partial charge is 0.407 e. The molecule has 1 aromatic carbocycles. The molecular weight excluding hydrogens is 528 g/mol. The first-order valence-electron chi connectivity index (χ1n) is 11.7. The van der Waals surface area contributed by atoms with Crippen molar-refractivity contribution >= 4 is 41.2 Å². The topological polar surface area (TPSA) is 187 Å². The summed E-state index contributed by atoms with van der Waals surface area (Å²) in [6.07, 6.45) is -1.23. The number of hydrogen-bond acceptors (Lipinski definition) is 9. The van der Waals surface area contributed by atoms with E-state index in [0.29, 0.717) is 12.8 Å². The van der Waals surface area contributed by atoms with Gasteiger partial charge in [-0.2, -0.15) is 0 Å². The van der Waals surface area contributed by atoms with Gasteiger partial charge in [0.25, 0.3) is 5.69 Å². The lowest BCUT2D eigenvalue weighted by molar-refractivity contribution is -0.386. The Labute approximate surface area is 224 Å². The summed E-state index contributed by atoms with van der Waals surface area (Å²) in [5.41, 5.74) is -0.349. The molecule has 15 heteroatoms. The molecule has 1 rings (SSSR count). The molecule has 0 saturated heterocycles. The van der Waals surface area contributed by atoms with Crippen molar-refractivity contribution in [3.63, 3.8) is 0 Å². The van der Waals surface area contributed by atoms with Gasteiger partial charge in [0.05, 0.1) is 30.8 Å². The maximum atomic E-state index is 12.5. The Balaban J connectivity index is 3.05.